The van der Waals surface area contributed by atoms with Crippen molar-refractivity contribution in [1.82, 2.24) is 19.5 Å². The van der Waals surface area contributed by atoms with Gasteiger partial charge < -0.3 is 70.8 Å². The highest BCUT2D eigenvalue weighted by Crippen LogP contribution is 2.49. The Morgan fingerprint density at radius 2 is 1.73 bits per heavy atom. The highest BCUT2D eigenvalue weighted by atomic mass is 32.7. The monoisotopic (exact) mass is 754 g/mol. The number of ether oxygens (including phenoxy) is 4. The lowest BCUT2D eigenvalue weighted by Gasteiger charge is -2.30. The number of aromatic hydroxyl groups is 1. The molecule has 2 fully saturated rings. The van der Waals surface area contributed by atoms with E-state index in [2.05, 4.69) is 19.5 Å². The van der Waals surface area contributed by atoms with Gasteiger partial charge in [-0.25, -0.2) is 9.78 Å². The minimum atomic E-state index is -3.66. The number of fused-ring (bicyclic) bond motifs is 1. The number of nitrogens with one attached hydrogen (secondary N) is 1. The van der Waals surface area contributed by atoms with Gasteiger partial charge in [-0.15, -0.1) is 0 Å². The molecule has 2 saturated heterocycles. The molecule has 5 rings (SSSR count). The van der Waals surface area contributed by atoms with Gasteiger partial charge in [0.15, 0.2) is 18.4 Å². The van der Waals surface area contributed by atoms with Gasteiger partial charge in [-0.2, -0.15) is 4.98 Å². The summed E-state index contributed by atoms with van der Waals surface area (Å²) in [6.45, 7) is -6.87. The van der Waals surface area contributed by atoms with E-state index in [4.69, 9.17) is 68.0 Å². The number of H-pyrrole nitrogens is 1. The number of rotatable bonds is 12. The first-order chi connectivity index (χ1) is 22.6. The molecule has 19 nitrogen and oxygen atoms in total. The van der Waals surface area contributed by atoms with Crippen molar-refractivity contribution in [2.45, 2.75) is 55.5 Å². The quantitative estimate of drug-likeness (QED) is 0.164. The zero-order valence-corrected chi connectivity index (χ0v) is 29.6. The maximum atomic E-state index is 12.0. The third kappa shape index (κ3) is 9.30. The maximum absolute atomic E-state index is 12.0. The lowest BCUT2D eigenvalue weighted by molar-refractivity contribution is -0.210. The van der Waals surface area contributed by atoms with Crippen molar-refractivity contribution < 1.29 is 51.6 Å². The second-order valence-corrected chi connectivity index (χ2v) is 16.2. The Balaban J connectivity index is 0.000000218. The van der Waals surface area contributed by atoms with Gasteiger partial charge in [0.2, 0.25) is 5.95 Å². The molecule has 0 saturated carbocycles. The van der Waals surface area contributed by atoms with Crippen LogP contribution in [0.1, 0.15) is 36.2 Å². The summed E-state index contributed by atoms with van der Waals surface area (Å²) in [7, 11) is 5.41. The zero-order valence-electron chi connectivity index (χ0n) is 26.2. The Hall–Kier alpha value is -2.23. The molecule has 48 heavy (non-hydrogen) atoms. The van der Waals surface area contributed by atoms with E-state index in [-0.39, 0.29) is 54.7 Å². The first kappa shape index (κ1) is 38.6. The first-order valence-electron chi connectivity index (χ1n) is 14.2. The predicted octanol–water partition coefficient (Wildman–Crippen LogP) is 0.0344. The summed E-state index contributed by atoms with van der Waals surface area (Å²) < 4.78 is 54.8. The van der Waals surface area contributed by atoms with Crippen LogP contribution in [-0.4, -0.2) is 96.8 Å². The average molecular weight is 755 g/mol. The summed E-state index contributed by atoms with van der Waals surface area (Å²) in [6, 6.07) is 0. The number of nitrogens with zero attached hydrogens (tertiary/aromatic N) is 3. The van der Waals surface area contributed by atoms with Crippen LogP contribution in [0.2, 0.25) is 0 Å². The van der Waals surface area contributed by atoms with E-state index >= 15 is 0 Å². The lowest BCUT2D eigenvalue weighted by atomic mass is 9.97. The normalized spacial score (nSPS) is 28.8. The average Bonchev–Trinajstić information content (AvgIpc) is 3.73. The van der Waals surface area contributed by atoms with Crippen LogP contribution in [0.3, 0.4) is 0 Å². The van der Waals surface area contributed by atoms with Crippen LogP contribution < -0.4 is 27.6 Å². The van der Waals surface area contributed by atoms with Gasteiger partial charge >= 0.3 is 5.69 Å². The number of nitrogen functional groups attached to an aromatic ring is 2. The van der Waals surface area contributed by atoms with E-state index in [9.17, 15) is 24.2 Å². The number of aromatic amines is 1. The van der Waals surface area contributed by atoms with Crippen molar-refractivity contribution in [3.63, 3.8) is 0 Å². The predicted molar refractivity (Wildman–Crippen MR) is 174 cm³/mol. The molecule has 1 aliphatic carbocycles. The molecule has 2 aliphatic heterocycles. The molecule has 4 heterocycles. The highest BCUT2D eigenvalue weighted by molar-refractivity contribution is 8.32. The topological polar surface area (TPSA) is 267 Å². The van der Waals surface area contributed by atoms with Crippen molar-refractivity contribution >= 4 is 55.4 Å². The second kappa shape index (κ2) is 16.2. The Morgan fingerprint density at radius 1 is 1.08 bits per heavy atom. The first-order valence-corrected chi connectivity index (χ1v) is 19.3. The van der Waals surface area contributed by atoms with Crippen molar-refractivity contribution in [1.29, 1.82) is 0 Å². The van der Waals surface area contributed by atoms with E-state index in [1.807, 2.05) is 6.08 Å². The minimum absolute atomic E-state index is 0.0473. The van der Waals surface area contributed by atoms with Crippen LogP contribution in [0, 0.1) is 0 Å². The summed E-state index contributed by atoms with van der Waals surface area (Å²) in [6.07, 6.45) is 1.70. The third-order valence-corrected chi connectivity index (χ3v) is 10.9. The van der Waals surface area contributed by atoms with Crippen LogP contribution in [-0.2, 0) is 65.7 Å². The van der Waals surface area contributed by atoms with Gasteiger partial charge in [-0.05, 0) is 0 Å². The Bertz CT molecular complexity index is 1700. The molecule has 2 aromatic heterocycles. The van der Waals surface area contributed by atoms with E-state index in [0.29, 0.717) is 17.7 Å². The van der Waals surface area contributed by atoms with E-state index in [1.54, 1.807) is 6.08 Å². The summed E-state index contributed by atoms with van der Waals surface area (Å²) >= 11 is 9.53. The molecule has 9 atom stereocenters. The second-order valence-electron chi connectivity index (χ2n) is 10.6. The molecule has 6 N–H and O–H groups in total. The summed E-state index contributed by atoms with van der Waals surface area (Å²) in [5.74, 6) is -0.850. The molecule has 9 unspecified atom stereocenters. The van der Waals surface area contributed by atoms with Gasteiger partial charge in [0, 0.05) is 47.2 Å². The van der Waals surface area contributed by atoms with Crippen LogP contribution >= 0.6 is 13.5 Å². The lowest BCUT2D eigenvalue weighted by Crippen LogP contribution is -2.29. The van der Waals surface area contributed by atoms with Crippen molar-refractivity contribution in [2.24, 2.45) is 0 Å². The van der Waals surface area contributed by atoms with Gasteiger partial charge in [0.05, 0.1) is 49.0 Å². The van der Waals surface area contributed by atoms with Gasteiger partial charge in [0.25, 0.3) is 5.56 Å². The molecule has 268 valence electrons. The van der Waals surface area contributed by atoms with Crippen molar-refractivity contribution in [2.75, 3.05) is 53.1 Å². The van der Waals surface area contributed by atoms with Crippen molar-refractivity contribution in [3.8, 4) is 5.75 Å². The maximum Gasteiger partial charge on any atom is 0.351 e. The van der Waals surface area contributed by atoms with Crippen LogP contribution in [0.5, 0.6) is 5.75 Å². The highest BCUT2D eigenvalue weighted by Gasteiger charge is 2.43. The summed E-state index contributed by atoms with van der Waals surface area (Å²) in [4.78, 5) is 46.0. The third-order valence-electron chi connectivity index (χ3n) is 7.51. The fourth-order valence-corrected chi connectivity index (χ4v) is 7.26. The Kier molecular flexibility index (Phi) is 13.0. The number of aromatic nitrogens is 4. The minimum Gasteiger partial charge on any atom is -0.780 e. The van der Waals surface area contributed by atoms with Gasteiger partial charge in [-0.3, -0.25) is 18.9 Å². The molecule has 2 aromatic rings. The Labute approximate surface area is 284 Å². The van der Waals surface area contributed by atoms with Crippen LogP contribution in [0.4, 0.5) is 11.8 Å². The van der Waals surface area contributed by atoms with E-state index in [1.165, 1.54) is 28.4 Å². The molecule has 0 amide bonds. The standard InChI is InChI=1S/C14H20N3O6PS.C11H18N3O7PS/c1-20-6-11-10(23-24(19,25)21-2)5-9(22-11)7-3-4-8-12(7)16-14(15)17-13(8)18;1-18-5-8-7(21-22(17,23)19-2)3-9(20-8)14-4-6(15)10(12)13-11(14)16/h3-4,7,9-11H,5-6H2,1-2H3,(H,19,25)(H3,15,16,17,18);4,7-9,15H,3,5H2,1-2H3,(H,17,23)(H2,12,13,16)/p-2. The molecule has 0 radical (unpaired) electrons. The fraction of sp³-hybridized carbons (Fsp3) is 0.600. The molecular formula is C25H36N6O13P2S2-2. The molecular weight excluding hydrogens is 718 g/mol. The summed E-state index contributed by atoms with van der Waals surface area (Å²) in [5, 5.41) is 9.60. The number of nitrogens with two attached hydrogens (primary N) is 2. The van der Waals surface area contributed by atoms with Crippen LogP contribution in [0.15, 0.2) is 21.9 Å². The SMILES string of the molecule is COCC1OC(C2C=Cc3c2nc(N)[nH]c3=O)CC1OP([O-])(=S)OC.COCC1OC(n2cc(O)c(N)nc2=O)CC1OP(=O)([S-])OC. The zero-order chi connectivity index (χ0) is 35.4. The molecule has 3 aliphatic rings. The molecule has 0 spiro atoms. The smallest absolute Gasteiger partial charge is 0.351 e. The van der Waals surface area contributed by atoms with Crippen molar-refractivity contribution in [3.05, 3.63) is 44.4 Å². The number of methoxy groups -OCH3 is 2. The number of anilines is 2. The fourth-order valence-electron chi connectivity index (χ4n) is 5.32. The number of hydrogen-bond donors (Lipinski definition) is 4. The largest absolute Gasteiger partial charge is 0.780 e. The molecule has 23 heteroatoms. The summed E-state index contributed by atoms with van der Waals surface area (Å²) in [5.41, 5.74) is 11.0. The van der Waals surface area contributed by atoms with E-state index < -0.39 is 49.8 Å². The van der Waals surface area contributed by atoms with Crippen LogP contribution in [0.25, 0.3) is 6.08 Å². The van der Waals surface area contributed by atoms with Gasteiger partial charge in [0.1, 0.15) is 25.2 Å². The van der Waals surface area contributed by atoms with Gasteiger partial charge in [-0.1, -0.05) is 24.0 Å². The number of hydrogen-bond acceptors (Lipinski definition) is 19. The Morgan fingerprint density at radius 3 is 2.35 bits per heavy atom. The molecule has 0 bridgehead atoms. The van der Waals surface area contributed by atoms with E-state index in [0.717, 1.165) is 10.8 Å². The molecule has 0 aromatic carbocycles.